The van der Waals surface area contributed by atoms with E-state index in [0.29, 0.717) is 30.1 Å². The van der Waals surface area contributed by atoms with Gasteiger partial charge >= 0.3 is 0 Å². The number of hydrogen-bond donors (Lipinski definition) is 0. The Morgan fingerprint density at radius 3 is 1.96 bits per heavy atom. The topological polar surface area (TPSA) is 59.1 Å². The van der Waals surface area contributed by atoms with Gasteiger partial charge in [0.25, 0.3) is 0 Å². The maximum atomic E-state index is 13.1. The van der Waals surface area contributed by atoms with E-state index >= 15 is 0 Å². The van der Waals surface area contributed by atoms with E-state index in [4.69, 9.17) is 9.47 Å². The van der Waals surface area contributed by atoms with Crippen molar-refractivity contribution in [2.24, 2.45) is 0 Å². The quantitative estimate of drug-likeness (QED) is 0.766. The summed E-state index contributed by atoms with van der Waals surface area (Å²) >= 11 is 0. The van der Waals surface area contributed by atoms with E-state index in [2.05, 4.69) is 4.90 Å². The second-order valence-electron chi connectivity index (χ2n) is 7.70. The summed E-state index contributed by atoms with van der Waals surface area (Å²) in [5.41, 5.74) is 1.71. The molecule has 2 heterocycles. The van der Waals surface area contributed by atoms with E-state index in [0.717, 1.165) is 55.6 Å². The van der Waals surface area contributed by atoms with E-state index in [9.17, 15) is 8.42 Å². The Morgan fingerprint density at radius 1 is 0.926 bits per heavy atom. The highest BCUT2D eigenvalue weighted by atomic mass is 32.2. The average molecular weight is 397 g/mol. The van der Waals surface area contributed by atoms with Crippen molar-refractivity contribution in [3.05, 3.63) is 23.3 Å². The normalized spacial score (nSPS) is 21.5. The fourth-order valence-corrected chi connectivity index (χ4v) is 6.10. The molecule has 152 valence electrons. The molecule has 0 aliphatic carbocycles. The summed E-state index contributed by atoms with van der Waals surface area (Å²) in [4.78, 5) is 2.89. The molecule has 2 aliphatic heterocycles. The minimum atomic E-state index is -3.46. The van der Waals surface area contributed by atoms with Gasteiger partial charge in [-0.05, 0) is 62.8 Å². The number of aryl methyl sites for hydroxylation is 2. The second-order valence-corrected chi connectivity index (χ2v) is 9.63. The zero-order valence-electron chi connectivity index (χ0n) is 16.9. The van der Waals surface area contributed by atoms with Crippen molar-refractivity contribution in [1.29, 1.82) is 0 Å². The van der Waals surface area contributed by atoms with Crippen LogP contribution in [0.1, 0.15) is 36.8 Å². The molecule has 0 saturated carbocycles. The Balaban J connectivity index is 1.65. The first-order valence-electron chi connectivity index (χ1n) is 9.79. The molecule has 6 nitrogen and oxygen atoms in total. The summed E-state index contributed by atoms with van der Waals surface area (Å²) in [6.07, 6.45) is 4.30. The predicted molar refractivity (Wildman–Crippen MR) is 106 cm³/mol. The highest BCUT2D eigenvalue weighted by Gasteiger charge is 2.33. The van der Waals surface area contributed by atoms with Crippen molar-refractivity contribution in [1.82, 2.24) is 9.21 Å². The van der Waals surface area contributed by atoms with Gasteiger partial charge in [-0.15, -0.1) is 0 Å². The molecule has 0 atom stereocenters. The molecule has 1 aromatic carbocycles. The molecule has 27 heavy (non-hydrogen) atoms. The first-order valence-corrected chi connectivity index (χ1v) is 11.2. The number of benzene rings is 1. The molecule has 0 amide bonds. The Kier molecular flexibility index (Phi) is 6.46. The smallest absolute Gasteiger partial charge is 0.243 e. The fourth-order valence-electron chi connectivity index (χ4n) is 4.45. The van der Waals surface area contributed by atoms with E-state index in [1.807, 2.05) is 13.8 Å². The van der Waals surface area contributed by atoms with Crippen LogP contribution in [0.25, 0.3) is 0 Å². The van der Waals surface area contributed by atoms with Crippen LogP contribution in [-0.4, -0.2) is 70.2 Å². The first-order chi connectivity index (χ1) is 12.9. The molecular weight excluding hydrogens is 364 g/mol. The highest BCUT2D eigenvalue weighted by Crippen LogP contribution is 2.30. The van der Waals surface area contributed by atoms with Crippen LogP contribution in [0.5, 0.6) is 5.75 Å². The van der Waals surface area contributed by atoms with E-state index in [1.165, 1.54) is 0 Å². The minimum Gasteiger partial charge on any atom is -0.496 e. The number of methoxy groups -OCH3 is 2. The third kappa shape index (κ3) is 4.31. The van der Waals surface area contributed by atoms with Crippen LogP contribution in [0.2, 0.25) is 0 Å². The van der Waals surface area contributed by atoms with Crippen molar-refractivity contribution in [3.63, 3.8) is 0 Å². The SMILES string of the molecule is COc1c(C)cc(S(=O)(=O)N2CCC(N3CCC(OC)CC3)CC2)cc1C. The van der Waals surface area contributed by atoms with Crippen LogP contribution >= 0.6 is 0 Å². The third-order valence-electron chi connectivity index (χ3n) is 6.03. The van der Waals surface area contributed by atoms with Gasteiger partial charge in [-0.3, -0.25) is 0 Å². The lowest BCUT2D eigenvalue weighted by atomic mass is 10.00. The summed E-state index contributed by atoms with van der Waals surface area (Å²) in [5.74, 6) is 0.757. The number of hydrogen-bond acceptors (Lipinski definition) is 5. The molecule has 0 spiro atoms. The Bertz CT molecular complexity index is 726. The highest BCUT2D eigenvalue weighted by molar-refractivity contribution is 7.89. The number of rotatable bonds is 5. The van der Waals surface area contributed by atoms with Gasteiger partial charge in [0.05, 0.1) is 18.1 Å². The third-order valence-corrected chi connectivity index (χ3v) is 7.90. The molecule has 0 aromatic heterocycles. The van der Waals surface area contributed by atoms with Crippen LogP contribution in [0.4, 0.5) is 0 Å². The van der Waals surface area contributed by atoms with Crippen LogP contribution < -0.4 is 4.74 Å². The maximum Gasteiger partial charge on any atom is 0.243 e. The first kappa shape index (κ1) is 20.6. The van der Waals surface area contributed by atoms with Gasteiger partial charge in [0, 0.05) is 39.3 Å². The summed E-state index contributed by atoms with van der Waals surface area (Å²) in [6.45, 7) is 7.05. The van der Waals surface area contributed by atoms with Crippen LogP contribution in [0.3, 0.4) is 0 Å². The monoisotopic (exact) mass is 396 g/mol. The Labute approximate surface area is 163 Å². The maximum absolute atomic E-state index is 13.1. The van der Waals surface area contributed by atoms with Crippen molar-refractivity contribution in [2.75, 3.05) is 40.4 Å². The number of likely N-dealkylation sites (tertiary alicyclic amines) is 1. The molecule has 2 aliphatic rings. The molecule has 0 unspecified atom stereocenters. The molecule has 2 saturated heterocycles. The number of sulfonamides is 1. The summed E-state index contributed by atoms with van der Waals surface area (Å²) in [7, 11) is -0.0608. The van der Waals surface area contributed by atoms with Crippen molar-refractivity contribution in [2.45, 2.75) is 56.6 Å². The molecule has 3 rings (SSSR count). The van der Waals surface area contributed by atoms with Gasteiger partial charge in [-0.1, -0.05) is 0 Å². The van der Waals surface area contributed by atoms with Gasteiger partial charge < -0.3 is 14.4 Å². The van der Waals surface area contributed by atoms with Crippen LogP contribution in [0.15, 0.2) is 17.0 Å². The predicted octanol–water partition coefficient (Wildman–Crippen LogP) is 2.58. The van der Waals surface area contributed by atoms with Crippen molar-refractivity contribution < 1.29 is 17.9 Å². The standard InChI is InChI=1S/C20H32N2O4S/c1-15-13-19(14-16(2)20(15)26-4)27(23,24)22-11-5-17(6-12-22)21-9-7-18(25-3)8-10-21/h13-14,17-18H,5-12H2,1-4H3. The number of piperidine rings is 2. The fraction of sp³-hybridized carbons (Fsp3) is 0.700. The molecule has 7 heteroatoms. The number of ether oxygens (including phenoxy) is 2. The largest absolute Gasteiger partial charge is 0.496 e. The van der Waals surface area contributed by atoms with E-state index in [-0.39, 0.29) is 0 Å². The van der Waals surface area contributed by atoms with Crippen molar-refractivity contribution in [3.8, 4) is 5.75 Å². The van der Waals surface area contributed by atoms with Gasteiger partial charge in [-0.2, -0.15) is 4.31 Å². The number of nitrogens with zero attached hydrogens (tertiary/aromatic N) is 2. The molecule has 1 aromatic rings. The average Bonchev–Trinajstić information content (AvgIpc) is 2.68. The van der Waals surface area contributed by atoms with Crippen molar-refractivity contribution >= 4 is 10.0 Å². The zero-order valence-corrected chi connectivity index (χ0v) is 17.7. The van der Waals surface area contributed by atoms with E-state index < -0.39 is 10.0 Å². The molecular formula is C20H32N2O4S. The van der Waals surface area contributed by atoms with Gasteiger partial charge in [0.15, 0.2) is 0 Å². The molecule has 2 fully saturated rings. The summed E-state index contributed by atoms with van der Waals surface area (Å²) in [6, 6.07) is 3.93. The molecule has 0 radical (unpaired) electrons. The van der Waals surface area contributed by atoms with Crippen LogP contribution in [0, 0.1) is 13.8 Å². The molecule has 0 bridgehead atoms. The summed E-state index contributed by atoms with van der Waals surface area (Å²) in [5, 5.41) is 0. The Hall–Kier alpha value is -1.15. The second kappa shape index (κ2) is 8.47. The molecule has 0 N–H and O–H groups in total. The lowest BCUT2D eigenvalue weighted by Crippen LogP contribution is -2.49. The van der Waals surface area contributed by atoms with Crippen LogP contribution in [-0.2, 0) is 14.8 Å². The summed E-state index contributed by atoms with van der Waals surface area (Å²) < 4.78 is 38.7. The minimum absolute atomic E-state index is 0.373. The van der Waals surface area contributed by atoms with Gasteiger partial charge in [-0.25, -0.2) is 8.42 Å². The Morgan fingerprint density at radius 2 is 1.48 bits per heavy atom. The zero-order chi connectivity index (χ0) is 19.6. The van der Waals surface area contributed by atoms with Gasteiger partial charge in [0.2, 0.25) is 10.0 Å². The lowest BCUT2D eigenvalue weighted by Gasteiger charge is -2.41. The lowest BCUT2D eigenvalue weighted by molar-refractivity contribution is 0.0190. The van der Waals surface area contributed by atoms with Gasteiger partial charge in [0.1, 0.15) is 5.75 Å². The van der Waals surface area contributed by atoms with E-state index in [1.54, 1.807) is 30.7 Å².